The lowest BCUT2D eigenvalue weighted by molar-refractivity contribution is 0.229. The topological polar surface area (TPSA) is 66.4 Å². The van der Waals surface area contributed by atoms with Crippen molar-refractivity contribution in [3.05, 3.63) is 28.8 Å². The molecule has 1 aromatic rings. The molecule has 1 aromatic carbocycles. The van der Waals surface area contributed by atoms with Gasteiger partial charge in [-0.1, -0.05) is 17.7 Å². The Morgan fingerprint density at radius 2 is 2.11 bits per heavy atom. The SMILES string of the molecule is CS(=O)(=O)c1cccc(Cl)c1CNC1(CO)CC1. The molecule has 0 atom stereocenters. The molecule has 2 N–H and O–H groups in total. The van der Waals surface area contributed by atoms with Gasteiger partial charge in [-0.15, -0.1) is 0 Å². The minimum atomic E-state index is -3.30. The van der Waals surface area contributed by atoms with Crippen LogP contribution in [-0.4, -0.2) is 31.9 Å². The Morgan fingerprint density at radius 3 is 2.61 bits per heavy atom. The summed E-state index contributed by atoms with van der Waals surface area (Å²) in [6.07, 6.45) is 2.98. The molecule has 0 aromatic heterocycles. The first-order valence-electron chi connectivity index (χ1n) is 5.71. The first-order valence-corrected chi connectivity index (χ1v) is 7.98. The zero-order valence-electron chi connectivity index (χ0n) is 10.1. The molecule has 0 unspecified atom stereocenters. The number of hydrogen-bond acceptors (Lipinski definition) is 4. The molecule has 18 heavy (non-hydrogen) atoms. The van der Waals surface area contributed by atoms with Crippen LogP contribution in [0.2, 0.25) is 5.02 Å². The molecule has 0 spiro atoms. The maximum atomic E-state index is 11.7. The van der Waals surface area contributed by atoms with E-state index in [0.717, 1.165) is 12.8 Å². The van der Waals surface area contributed by atoms with Gasteiger partial charge in [0.05, 0.1) is 11.5 Å². The van der Waals surface area contributed by atoms with Crippen LogP contribution in [0.5, 0.6) is 0 Å². The molecule has 1 aliphatic carbocycles. The Hall–Kier alpha value is -0.620. The maximum Gasteiger partial charge on any atom is 0.175 e. The van der Waals surface area contributed by atoms with Crippen molar-refractivity contribution in [2.45, 2.75) is 29.8 Å². The molecule has 100 valence electrons. The summed E-state index contributed by atoms with van der Waals surface area (Å²) < 4.78 is 23.4. The second kappa shape index (κ2) is 4.81. The van der Waals surface area contributed by atoms with Gasteiger partial charge >= 0.3 is 0 Å². The summed E-state index contributed by atoms with van der Waals surface area (Å²) in [6.45, 7) is 0.411. The van der Waals surface area contributed by atoms with Crippen LogP contribution in [-0.2, 0) is 16.4 Å². The van der Waals surface area contributed by atoms with Crippen LogP contribution < -0.4 is 5.32 Å². The Bertz CT molecular complexity index is 552. The average molecular weight is 290 g/mol. The number of aliphatic hydroxyl groups is 1. The van der Waals surface area contributed by atoms with Crippen molar-refractivity contribution in [2.24, 2.45) is 0 Å². The first-order chi connectivity index (χ1) is 8.38. The van der Waals surface area contributed by atoms with E-state index in [1.165, 1.54) is 6.26 Å². The van der Waals surface area contributed by atoms with Crippen molar-refractivity contribution in [2.75, 3.05) is 12.9 Å². The second-order valence-electron chi connectivity index (χ2n) is 4.78. The molecular weight excluding hydrogens is 274 g/mol. The van der Waals surface area contributed by atoms with Crippen molar-refractivity contribution in [1.29, 1.82) is 0 Å². The molecule has 0 amide bonds. The summed E-state index contributed by atoms with van der Waals surface area (Å²) in [7, 11) is -3.30. The maximum absolute atomic E-state index is 11.7. The predicted molar refractivity (Wildman–Crippen MR) is 70.5 cm³/mol. The van der Waals surface area contributed by atoms with Crippen molar-refractivity contribution < 1.29 is 13.5 Å². The van der Waals surface area contributed by atoms with Gasteiger partial charge in [-0.3, -0.25) is 0 Å². The molecule has 1 saturated carbocycles. The highest BCUT2D eigenvalue weighted by Gasteiger charge is 2.41. The lowest BCUT2D eigenvalue weighted by Gasteiger charge is -2.16. The molecule has 6 heteroatoms. The van der Waals surface area contributed by atoms with Gasteiger partial charge in [0, 0.05) is 28.9 Å². The van der Waals surface area contributed by atoms with E-state index in [4.69, 9.17) is 11.6 Å². The van der Waals surface area contributed by atoms with Gasteiger partial charge in [0.1, 0.15) is 0 Å². The molecule has 0 radical (unpaired) electrons. The third kappa shape index (κ3) is 2.85. The summed E-state index contributed by atoms with van der Waals surface area (Å²) >= 11 is 6.06. The highest BCUT2D eigenvalue weighted by molar-refractivity contribution is 7.90. The van der Waals surface area contributed by atoms with E-state index in [1.54, 1.807) is 18.2 Å². The van der Waals surface area contributed by atoms with Gasteiger partial charge in [0.25, 0.3) is 0 Å². The predicted octanol–water partition coefficient (Wildman–Crippen LogP) is 1.36. The summed E-state index contributed by atoms with van der Waals surface area (Å²) in [5.41, 5.74) is 0.329. The largest absolute Gasteiger partial charge is 0.394 e. The van der Waals surface area contributed by atoms with Gasteiger partial charge in [0.15, 0.2) is 9.84 Å². The first kappa shape index (κ1) is 13.8. The summed E-state index contributed by atoms with van der Waals surface area (Å²) in [5, 5.41) is 12.8. The fraction of sp³-hybridized carbons (Fsp3) is 0.500. The highest BCUT2D eigenvalue weighted by Crippen LogP contribution is 2.35. The lowest BCUT2D eigenvalue weighted by Crippen LogP contribution is -2.34. The fourth-order valence-electron chi connectivity index (χ4n) is 1.88. The molecule has 2 rings (SSSR count). The monoisotopic (exact) mass is 289 g/mol. The molecule has 0 heterocycles. The van der Waals surface area contributed by atoms with Crippen molar-refractivity contribution in [3.63, 3.8) is 0 Å². The number of benzene rings is 1. The smallest absolute Gasteiger partial charge is 0.175 e. The number of rotatable bonds is 5. The number of sulfone groups is 1. The quantitative estimate of drug-likeness (QED) is 0.859. The molecule has 4 nitrogen and oxygen atoms in total. The zero-order valence-corrected chi connectivity index (χ0v) is 11.7. The normalized spacial score (nSPS) is 17.7. The van der Waals surface area contributed by atoms with E-state index >= 15 is 0 Å². The number of hydrogen-bond donors (Lipinski definition) is 2. The van der Waals surface area contributed by atoms with Crippen LogP contribution in [0.4, 0.5) is 0 Å². The summed E-state index contributed by atoms with van der Waals surface area (Å²) in [5.74, 6) is 0. The molecule has 1 aliphatic rings. The zero-order chi connectivity index (χ0) is 13.4. The third-order valence-electron chi connectivity index (χ3n) is 3.27. The summed E-state index contributed by atoms with van der Waals surface area (Å²) in [6, 6.07) is 4.85. The van der Waals surface area contributed by atoms with Gasteiger partial charge in [0.2, 0.25) is 0 Å². The van der Waals surface area contributed by atoms with Crippen molar-refractivity contribution in [3.8, 4) is 0 Å². The van der Waals surface area contributed by atoms with Crippen LogP contribution >= 0.6 is 11.6 Å². The number of aliphatic hydroxyl groups excluding tert-OH is 1. The lowest BCUT2D eigenvalue weighted by atomic mass is 10.2. The third-order valence-corrected chi connectivity index (χ3v) is 4.81. The number of halogens is 1. The molecular formula is C12H16ClNO3S. The van der Waals surface area contributed by atoms with Crippen LogP contribution in [0.1, 0.15) is 18.4 Å². The van der Waals surface area contributed by atoms with E-state index in [0.29, 0.717) is 17.1 Å². The number of nitrogens with one attached hydrogen (secondary N) is 1. The van der Waals surface area contributed by atoms with E-state index in [-0.39, 0.29) is 17.0 Å². The standard InChI is InChI=1S/C12H16ClNO3S/c1-18(16,17)11-4-2-3-10(13)9(11)7-14-12(8-15)5-6-12/h2-4,14-15H,5-8H2,1H3. The minimum absolute atomic E-state index is 0.0612. The molecule has 0 bridgehead atoms. The highest BCUT2D eigenvalue weighted by atomic mass is 35.5. The van der Waals surface area contributed by atoms with Crippen molar-refractivity contribution in [1.82, 2.24) is 5.32 Å². The van der Waals surface area contributed by atoms with E-state index in [1.807, 2.05) is 0 Å². The van der Waals surface area contributed by atoms with Crippen LogP contribution in [0.3, 0.4) is 0 Å². The van der Waals surface area contributed by atoms with Gasteiger partial charge in [-0.05, 0) is 25.0 Å². The van der Waals surface area contributed by atoms with Crippen molar-refractivity contribution >= 4 is 21.4 Å². The van der Waals surface area contributed by atoms with E-state index in [9.17, 15) is 13.5 Å². The van der Waals surface area contributed by atoms with Gasteiger partial charge < -0.3 is 10.4 Å². The van der Waals surface area contributed by atoms with Crippen LogP contribution in [0.15, 0.2) is 23.1 Å². The molecule has 0 aliphatic heterocycles. The Morgan fingerprint density at radius 1 is 1.44 bits per heavy atom. The Kier molecular flexibility index (Phi) is 3.69. The van der Waals surface area contributed by atoms with Crippen LogP contribution in [0, 0.1) is 0 Å². The van der Waals surface area contributed by atoms with Gasteiger partial charge in [-0.2, -0.15) is 0 Å². The van der Waals surface area contributed by atoms with E-state index < -0.39 is 9.84 Å². The molecule has 0 saturated heterocycles. The van der Waals surface area contributed by atoms with Gasteiger partial charge in [-0.25, -0.2) is 8.42 Å². The van der Waals surface area contributed by atoms with Crippen LogP contribution in [0.25, 0.3) is 0 Å². The summed E-state index contributed by atoms with van der Waals surface area (Å²) in [4.78, 5) is 0.247. The Balaban J connectivity index is 2.26. The fourth-order valence-corrected chi connectivity index (χ4v) is 3.13. The second-order valence-corrected chi connectivity index (χ2v) is 7.17. The minimum Gasteiger partial charge on any atom is -0.394 e. The Labute approximate surface area is 112 Å². The van der Waals surface area contributed by atoms with E-state index in [2.05, 4.69) is 5.32 Å². The molecule has 1 fully saturated rings. The average Bonchev–Trinajstić information content (AvgIpc) is 3.06.